The number of carbonyl (C=O) groups excluding carboxylic acids is 2. The Labute approximate surface area is 193 Å². The molecule has 33 heavy (non-hydrogen) atoms. The van der Waals surface area contributed by atoms with E-state index in [0.717, 1.165) is 17.5 Å². The van der Waals surface area contributed by atoms with Crippen LogP contribution in [0.25, 0.3) is 0 Å². The minimum Gasteiger partial charge on any atom is -0.494 e. The van der Waals surface area contributed by atoms with Crippen LogP contribution in [0.5, 0.6) is 17.2 Å². The van der Waals surface area contributed by atoms with Gasteiger partial charge in [-0.25, -0.2) is 10.2 Å². The van der Waals surface area contributed by atoms with Gasteiger partial charge < -0.3 is 14.2 Å². The topological polar surface area (TPSA) is 86.2 Å². The molecular formula is C26H26N2O5. The molecule has 3 aromatic rings. The number of esters is 1. The van der Waals surface area contributed by atoms with Crippen LogP contribution in [0.2, 0.25) is 0 Å². The predicted octanol–water partition coefficient (Wildman–Crippen LogP) is 4.53. The van der Waals surface area contributed by atoms with Crippen LogP contribution in [-0.2, 0) is 4.79 Å². The first-order chi connectivity index (χ1) is 16.0. The molecule has 0 bridgehead atoms. The molecule has 0 saturated carbocycles. The highest BCUT2D eigenvalue weighted by Gasteiger charge is 2.09. The molecule has 0 saturated heterocycles. The van der Waals surface area contributed by atoms with E-state index < -0.39 is 5.97 Å². The zero-order chi connectivity index (χ0) is 23.5. The lowest BCUT2D eigenvalue weighted by Crippen LogP contribution is -2.24. The van der Waals surface area contributed by atoms with Crippen molar-refractivity contribution in [1.29, 1.82) is 0 Å². The Morgan fingerprint density at radius 2 is 1.45 bits per heavy atom. The highest BCUT2D eigenvalue weighted by atomic mass is 16.5. The van der Waals surface area contributed by atoms with E-state index in [9.17, 15) is 9.59 Å². The molecule has 0 aliphatic rings. The number of hydrazone groups is 1. The molecule has 7 nitrogen and oxygen atoms in total. The van der Waals surface area contributed by atoms with Crippen molar-refractivity contribution < 1.29 is 23.8 Å². The number of hydrogen-bond donors (Lipinski definition) is 1. The number of rotatable bonds is 10. The number of aryl methyl sites for hydroxylation is 1. The molecule has 7 heteroatoms. The van der Waals surface area contributed by atoms with Gasteiger partial charge in [0.05, 0.1) is 18.4 Å². The molecule has 1 amide bonds. The predicted molar refractivity (Wildman–Crippen MR) is 126 cm³/mol. The molecule has 0 spiro atoms. The third kappa shape index (κ3) is 7.81. The van der Waals surface area contributed by atoms with Crippen LogP contribution < -0.4 is 19.6 Å². The Hall–Kier alpha value is -4.13. The summed E-state index contributed by atoms with van der Waals surface area (Å²) in [4.78, 5) is 24.1. The summed E-state index contributed by atoms with van der Waals surface area (Å²) < 4.78 is 16.3. The zero-order valence-electron chi connectivity index (χ0n) is 18.6. The molecule has 0 aromatic heterocycles. The Morgan fingerprint density at radius 3 is 2.12 bits per heavy atom. The lowest BCUT2D eigenvalue weighted by molar-refractivity contribution is -0.123. The Bertz CT molecular complexity index is 1080. The van der Waals surface area contributed by atoms with Crippen LogP contribution >= 0.6 is 0 Å². The summed E-state index contributed by atoms with van der Waals surface area (Å²) in [5, 5.41) is 3.91. The van der Waals surface area contributed by atoms with Crippen LogP contribution in [0.3, 0.4) is 0 Å². The highest BCUT2D eigenvalue weighted by Crippen LogP contribution is 2.16. The average Bonchev–Trinajstić information content (AvgIpc) is 2.84. The summed E-state index contributed by atoms with van der Waals surface area (Å²) in [5.41, 5.74) is 4.68. The van der Waals surface area contributed by atoms with Crippen LogP contribution in [-0.4, -0.2) is 31.3 Å². The fourth-order valence-electron chi connectivity index (χ4n) is 2.69. The normalized spacial score (nSPS) is 10.6. The maximum absolute atomic E-state index is 12.3. The molecule has 3 aromatic carbocycles. The second-order valence-corrected chi connectivity index (χ2v) is 7.23. The summed E-state index contributed by atoms with van der Waals surface area (Å²) in [5.74, 6) is 0.901. The van der Waals surface area contributed by atoms with Gasteiger partial charge in [-0.15, -0.1) is 0 Å². The molecule has 170 valence electrons. The lowest BCUT2D eigenvalue weighted by atomic mass is 10.2. The van der Waals surface area contributed by atoms with Gasteiger partial charge >= 0.3 is 5.97 Å². The van der Waals surface area contributed by atoms with E-state index in [1.807, 2.05) is 26.0 Å². The third-order valence-electron chi connectivity index (χ3n) is 4.45. The first kappa shape index (κ1) is 23.5. The van der Waals surface area contributed by atoms with Crippen molar-refractivity contribution in [3.05, 3.63) is 89.5 Å². The Balaban J connectivity index is 1.44. The molecule has 0 heterocycles. The first-order valence-corrected chi connectivity index (χ1v) is 10.6. The summed E-state index contributed by atoms with van der Waals surface area (Å²) in [6, 6.07) is 21.0. The van der Waals surface area contributed by atoms with E-state index in [2.05, 4.69) is 10.5 Å². The van der Waals surface area contributed by atoms with E-state index in [1.54, 1.807) is 60.7 Å². The van der Waals surface area contributed by atoms with Crippen molar-refractivity contribution in [2.45, 2.75) is 20.3 Å². The molecule has 0 radical (unpaired) electrons. The van der Waals surface area contributed by atoms with Gasteiger partial charge in [0.2, 0.25) is 0 Å². The maximum Gasteiger partial charge on any atom is 0.343 e. The van der Waals surface area contributed by atoms with Crippen LogP contribution in [0, 0.1) is 6.92 Å². The highest BCUT2D eigenvalue weighted by molar-refractivity contribution is 5.91. The van der Waals surface area contributed by atoms with Crippen molar-refractivity contribution in [2.24, 2.45) is 5.10 Å². The lowest BCUT2D eigenvalue weighted by Gasteiger charge is -2.07. The zero-order valence-corrected chi connectivity index (χ0v) is 18.6. The quantitative estimate of drug-likeness (QED) is 0.214. The standard InChI is InChI=1S/C26H26N2O5/c1-3-16-31-22-14-8-21(9-15-22)26(30)33-24-12-6-20(7-13-24)17-27-28-25(29)18-32-23-10-4-19(2)5-11-23/h4-15,17H,3,16,18H2,1-2H3,(H,28,29)/b27-17+. The van der Waals surface area contributed by atoms with Gasteiger partial charge in [0.15, 0.2) is 6.61 Å². The molecule has 0 aliphatic heterocycles. The SMILES string of the molecule is CCCOc1ccc(C(=O)Oc2ccc(/C=N/NC(=O)COc3ccc(C)cc3)cc2)cc1. The van der Waals surface area contributed by atoms with E-state index in [-0.39, 0.29) is 12.5 Å². The van der Waals surface area contributed by atoms with Crippen molar-refractivity contribution in [1.82, 2.24) is 5.43 Å². The number of nitrogens with one attached hydrogen (secondary N) is 1. The number of amides is 1. The number of carbonyl (C=O) groups is 2. The number of hydrogen-bond acceptors (Lipinski definition) is 6. The van der Waals surface area contributed by atoms with E-state index in [1.165, 1.54) is 6.21 Å². The van der Waals surface area contributed by atoms with Crippen LogP contribution in [0.4, 0.5) is 0 Å². The summed E-state index contributed by atoms with van der Waals surface area (Å²) >= 11 is 0. The summed E-state index contributed by atoms with van der Waals surface area (Å²) in [6.07, 6.45) is 2.41. The van der Waals surface area contributed by atoms with E-state index >= 15 is 0 Å². The van der Waals surface area contributed by atoms with Gasteiger partial charge in [-0.2, -0.15) is 5.10 Å². The average molecular weight is 447 g/mol. The molecule has 1 N–H and O–H groups in total. The molecule has 0 aliphatic carbocycles. The van der Waals surface area contributed by atoms with Gasteiger partial charge in [-0.3, -0.25) is 4.79 Å². The van der Waals surface area contributed by atoms with Crippen molar-refractivity contribution in [2.75, 3.05) is 13.2 Å². The van der Waals surface area contributed by atoms with Crippen molar-refractivity contribution in [3.8, 4) is 17.2 Å². The summed E-state index contributed by atoms with van der Waals surface area (Å²) in [7, 11) is 0. The van der Waals surface area contributed by atoms with Crippen molar-refractivity contribution >= 4 is 18.1 Å². The molecular weight excluding hydrogens is 420 g/mol. The van der Waals surface area contributed by atoms with Gasteiger partial charge in [-0.1, -0.05) is 24.6 Å². The van der Waals surface area contributed by atoms with Gasteiger partial charge in [0.1, 0.15) is 17.2 Å². The fraction of sp³-hybridized carbons (Fsp3) is 0.192. The van der Waals surface area contributed by atoms with Crippen LogP contribution in [0.15, 0.2) is 77.9 Å². The molecule has 0 fully saturated rings. The monoisotopic (exact) mass is 446 g/mol. The minimum atomic E-state index is -0.459. The van der Waals surface area contributed by atoms with Crippen LogP contribution in [0.1, 0.15) is 34.8 Å². The molecule has 0 unspecified atom stereocenters. The maximum atomic E-state index is 12.3. The second kappa shape index (κ2) is 12.0. The largest absolute Gasteiger partial charge is 0.494 e. The molecule has 3 rings (SSSR count). The smallest absolute Gasteiger partial charge is 0.343 e. The van der Waals surface area contributed by atoms with Gasteiger partial charge in [0, 0.05) is 0 Å². The first-order valence-electron chi connectivity index (χ1n) is 10.6. The number of benzene rings is 3. The fourth-order valence-corrected chi connectivity index (χ4v) is 2.69. The minimum absolute atomic E-state index is 0.138. The second-order valence-electron chi connectivity index (χ2n) is 7.23. The summed E-state index contributed by atoms with van der Waals surface area (Å²) in [6.45, 7) is 4.50. The third-order valence-corrected chi connectivity index (χ3v) is 4.45. The van der Waals surface area contributed by atoms with E-state index in [0.29, 0.717) is 29.4 Å². The molecule has 0 atom stereocenters. The Morgan fingerprint density at radius 1 is 0.848 bits per heavy atom. The van der Waals surface area contributed by atoms with Crippen molar-refractivity contribution in [3.63, 3.8) is 0 Å². The van der Waals surface area contributed by atoms with Gasteiger partial charge in [0.25, 0.3) is 5.91 Å². The number of nitrogens with zero attached hydrogens (tertiary/aromatic N) is 1. The van der Waals surface area contributed by atoms with E-state index in [4.69, 9.17) is 14.2 Å². The number of ether oxygens (including phenoxy) is 3. The van der Waals surface area contributed by atoms with Gasteiger partial charge in [-0.05, 0) is 79.6 Å². The Kier molecular flexibility index (Phi) is 8.59.